The minimum absolute atomic E-state index is 0.108. The zero-order valence-electron chi connectivity index (χ0n) is 8.47. The zero-order valence-corrected chi connectivity index (χ0v) is 9.36. The lowest BCUT2D eigenvalue weighted by Gasteiger charge is -2.18. The van der Waals surface area contributed by atoms with Crippen molar-refractivity contribution in [2.24, 2.45) is 0 Å². The molecule has 2 unspecified atom stereocenters. The highest BCUT2D eigenvalue weighted by Gasteiger charge is 2.21. The van der Waals surface area contributed by atoms with Gasteiger partial charge in [0.05, 0.1) is 17.7 Å². The molecule has 0 saturated heterocycles. The van der Waals surface area contributed by atoms with Crippen molar-refractivity contribution in [3.05, 3.63) is 35.1 Å². The van der Waals surface area contributed by atoms with E-state index in [1.54, 1.807) is 0 Å². The molecule has 2 atom stereocenters. The van der Waals surface area contributed by atoms with Crippen molar-refractivity contribution in [1.82, 2.24) is 0 Å². The maximum absolute atomic E-state index is 13.0. The van der Waals surface area contributed by atoms with Gasteiger partial charge in [-0.1, -0.05) is 0 Å². The summed E-state index contributed by atoms with van der Waals surface area (Å²) in [5.41, 5.74) is 0.267. The maximum Gasteiger partial charge on any atom is 0.123 e. The van der Waals surface area contributed by atoms with E-state index in [0.717, 1.165) is 12.1 Å². The van der Waals surface area contributed by atoms with Crippen molar-refractivity contribution in [1.29, 1.82) is 5.26 Å². The maximum atomic E-state index is 13.0. The Labute approximate surface area is 98.6 Å². The highest BCUT2D eigenvalue weighted by Crippen LogP contribution is 2.23. The predicted molar refractivity (Wildman–Crippen MR) is 60.6 cm³/mol. The van der Waals surface area contributed by atoms with Gasteiger partial charge in [-0.3, -0.25) is 0 Å². The van der Waals surface area contributed by atoms with E-state index in [9.17, 15) is 14.6 Å². The monoisotopic (exact) mass is 241 g/mol. The summed E-state index contributed by atoms with van der Waals surface area (Å²) in [6.07, 6.45) is -2.05. The van der Waals surface area contributed by atoms with Gasteiger partial charge < -0.3 is 10.2 Å². The van der Waals surface area contributed by atoms with Gasteiger partial charge in [0.25, 0.3) is 0 Å². The lowest BCUT2D eigenvalue weighted by atomic mass is 9.98. The van der Waals surface area contributed by atoms with E-state index in [1.807, 2.05) is 6.07 Å². The van der Waals surface area contributed by atoms with Crippen LogP contribution in [0.15, 0.2) is 18.2 Å². The summed E-state index contributed by atoms with van der Waals surface area (Å²) in [4.78, 5) is 0. The number of nitrogens with zero attached hydrogens (tertiary/aromatic N) is 1. The number of hydrogen-bond donors (Lipinski definition) is 3. The summed E-state index contributed by atoms with van der Waals surface area (Å²) in [7, 11) is 0. The van der Waals surface area contributed by atoms with Crippen LogP contribution < -0.4 is 0 Å². The minimum Gasteiger partial charge on any atom is -0.390 e. The van der Waals surface area contributed by atoms with Gasteiger partial charge in [0.15, 0.2) is 0 Å². The highest BCUT2D eigenvalue weighted by molar-refractivity contribution is 7.80. The molecule has 0 aromatic heterocycles. The lowest BCUT2D eigenvalue weighted by Crippen LogP contribution is -2.19. The fourth-order valence-corrected chi connectivity index (χ4v) is 1.64. The van der Waals surface area contributed by atoms with Gasteiger partial charge in [-0.25, -0.2) is 4.39 Å². The van der Waals surface area contributed by atoms with Crippen molar-refractivity contribution < 1.29 is 14.6 Å². The molecule has 5 heteroatoms. The van der Waals surface area contributed by atoms with Crippen LogP contribution in [0.5, 0.6) is 0 Å². The molecule has 1 aromatic carbocycles. The Morgan fingerprint density at radius 3 is 2.69 bits per heavy atom. The number of halogens is 1. The molecule has 0 saturated carbocycles. The number of nitriles is 1. The third-order valence-electron chi connectivity index (χ3n) is 2.24. The lowest BCUT2D eigenvalue weighted by molar-refractivity contribution is 0.0169. The van der Waals surface area contributed by atoms with Crippen LogP contribution in [-0.2, 0) is 0 Å². The van der Waals surface area contributed by atoms with Crippen LogP contribution in [0.1, 0.15) is 23.7 Å². The molecule has 0 aliphatic heterocycles. The fraction of sp³-hybridized carbons (Fsp3) is 0.364. The van der Waals surface area contributed by atoms with E-state index >= 15 is 0 Å². The van der Waals surface area contributed by atoms with Crippen LogP contribution in [0.2, 0.25) is 0 Å². The van der Waals surface area contributed by atoms with Gasteiger partial charge in [-0.15, -0.1) is 0 Å². The molecule has 0 bridgehead atoms. The topological polar surface area (TPSA) is 64.2 Å². The van der Waals surface area contributed by atoms with Gasteiger partial charge in [0.2, 0.25) is 0 Å². The predicted octanol–water partition coefficient (Wildman–Crippen LogP) is 1.41. The molecule has 0 spiro atoms. The largest absolute Gasteiger partial charge is 0.390 e. The molecule has 0 aliphatic rings. The number of rotatable bonds is 4. The number of aliphatic hydroxyl groups is 2. The molecule has 86 valence electrons. The first kappa shape index (κ1) is 13.0. The van der Waals surface area contributed by atoms with Gasteiger partial charge in [0, 0.05) is 5.56 Å². The van der Waals surface area contributed by atoms with Gasteiger partial charge in [-0.05, 0) is 30.4 Å². The second-order valence-electron chi connectivity index (χ2n) is 3.37. The molecule has 3 nitrogen and oxygen atoms in total. The third kappa shape index (κ3) is 2.95. The van der Waals surface area contributed by atoms with Crippen molar-refractivity contribution in [2.75, 3.05) is 5.75 Å². The Bertz CT molecular complexity index is 405. The molecule has 16 heavy (non-hydrogen) atoms. The number of thiol groups is 1. The summed E-state index contributed by atoms with van der Waals surface area (Å²) >= 11 is 3.93. The normalized spacial score (nSPS) is 14.2. The van der Waals surface area contributed by atoms with E-state index in [-0.39, 0.29) is 17.5 Å². The van der Waals surface area contributed by atoms with E-state index in [4.69, 9.17) is 5.26 Å². The molecular weight excluding hydrogens is 229 g/mol. The molecule has 1 aromatic rings. The van der Waals surface area contributed by atoms with Crippen molar-refractivity contribution in [3.8, 4) is 6.07 Å². The van der Waals surface area contributed by atoms with Crippen LogP contribution in [0.25, 0.3) is 0 Å². The Morgan fingerprint density at radius 2 is 2.12 bits per heavy atom. The molecule has 1 rings (SSSR count). The third-order valence-corrected chi connectivity index (χ3v) is 2.50. The molecule has 0 amide bonds. The summed E-state index contributed by atoms with van der Waals surface area (Å²) in [5.74, 6) is -0.152. The van der Waals surface area contributed by atoms with Crippen LogP contribution in [0.3, 0.4) is 0 Å². The Morgan fingerprint density at radius 1 is 1.44 bits per heavy atom. The van der Waals surface area contributed by atoms with Crippen LogP contribution in [0, 0.1) is 17.1 Å². The van der Waals surface area contributed by atoms with E-state index in [2.05, 4.69) is 12.6 Å². The quantitative estimate of drug-likeness (QED) is 0.698. The highest BCUT2D eigenvalue weighted by atomic mass is 32.1. The Kier molecular flexibility index (Phi) is 4.74. The first-order chi connectivity index (χ1) is 7.60. The van der Waals surface area contributed by atoms with Crippen LogP contribution >= 0.6 is 12.6 Å². The van der Waals surface area contributed by atoms with E-state index in [1.165, 1.54) is 6.07 Å². The van der Waals surface area contributed by atoms with Crippen LogP contribution in [0.4, 0.5) is 4.39 Å². The summed E-state index contributed by atoms with van der Waals surface area (Å²) < 4.78 is 13.0. The second-order valence-corrected chi connectivity index (χ2v) is 3.82. The van der Waals surface area contributed by atoms with E-state index in [0.29, 0.717) is 5.75 Å². The SMILES string of the molecule is N#Cc1ccc(F)cc1C(O)C(O)CCS. The second kappa shape index (κ2) is 5.85. The molecule has 2 N–H and O–H groups in total. The van der Waals surface area contributed by atoms with Crippen molar-refractivity contribution in [3.63, 3.8) is 0 Å². The molecule has 0 radical (unpaired) electrons. The number of benzene rings is 1. The number of aliphatic hydroxyl groups excluding tert-OH is 2. The average Bonchev–Trinajstić information content (AvgIpc) is 2.28. The fourth-order valence-electron chi connectivity index (χ4n) is 1.38. The van der Waals surface area contributed by atoms with Gasteiger partial charge in [0.1, 0.15) is 11.9 Å². The van der Waals surface area contributed by atoms with E-state index < -0.39 is 18.0 Å². The smallest absolute Gasteiger partial charge is 0.123 e. The summed E-state index contributed by atoms with van der Waals surface area (Å²) in [6.45, 7) is 0. The first-order valence-corrected chi connectivity index (χ1v) is 5.40. The summed E-state index contributed by atoms with van der Waals surface area (Å²) in [5, 5.41) is 28.1. The minimum atomic E-state index is -1.27. The first-order valence-electron chi connectivity index (χ1n) is 4.76. The van der Waals surface area contributed by atoms with Gasteiger partial charge in [-0.2, -0.15) is 17.9 Å². The molecule has 0 heterocycles. The number of hydrogen-bond acceptors (Lipinski definition) is 4. The van der Waals surface area contributed by atoms with Crippen LogP contribution in [-0.4, -0.2) is 22.1 Å². The molecule has 0 aliphatic carbocycles. The van der Waals surface area contributed by atoms with Crippen molar-refractivity contribution in [2.45, 2.75) is 18.6 Å². The standard InChI is InChI=1S/C11H12FNO2S/c12-8-2-1-7(6-13)9(5-8)11(15)10(14)3-4-16/h1-2,5,10-11,14-16H,3-4H2. The molecule has 0 fully saturated rings. The van der Waals surface area contributed by atoms with Crippen molar-refractivity contribution >= 4 is 12.6 Å². The van der Waals surface area contributed by atoms with Gasteiger partial charge >= 0.3 is 0 Å². The average molecular weight is 241 g/mol. The Hall–Kier alpha value is -1.09. The summed E-state index contributed by atoms with van der Waals surface area (Å²) in [6, 6.07) is 5.32. The Balaban J connectivity index is 3.02. The molecular formula is C11H12FNO2S. The zero-order chi connectivity index (χ0) is 12.1.